The summed E-state index contributed by atoms with van der Waals surface area (Å²) in [6.45, 7) is 1.99. The van der Waals surface area contributed by atoms with Gasteiger partial charge in [0.1, 0.15) is 5.75 Å². The molecule has 21 heavy (non-hydrogen) atoms. The Balaban J connectivity index is 1.73. The molecule has 0 radical (unpaired) electrons. The standard InChI is InChI=1S/C16H24N2O3/c1-17(2)14-4-3-5-15(12-14)21-11-8-13-6-9-18(10-7-13)16(19)20/h3-5,12-13H,6-11H2,1-2H3,(H,19,20). The van der Waals surface area contributed by atoms with Crippen LogP contribution in [0.4, 0.5) is 10.5 Å². The zero-order chi connectivity index (χ0) is 15.2. The quantitative estimate of drug-likeness (QED) is 0.906. The molecular weight excluding hydrogens is 268 g/mol. The van der Waals surface area contributed by atoms with Gasteiger partial charge in [0.2, 0.25) is 0 Å². The zero-order valence-electron chi connectivity index (χ0n) is 12.8. The Morgan fingerprint density at radius 3 is 2.71 bits per heavy atom. The molecule has 116 valence electrons. The normalized spacial score (nSPS) is 15.8. The highest BCUT2D eigenvalue weighted by molar-refractivity contribution is 5.64. The highest BCUT2D eigenvalue weighted by Crippen LogP contribution is 2.23. The lowest BCUT2D eigenvalue weighted by Crippen LogP contribution is -2.37. The van der Waals surface area contributed by atoms with Crippen molar-refractivity contribution >= 4 is 11.8 Å². The Morgan fingerprint density at radius 1 is 1.38 bits per heavy atom. The molecule has 0 aliphatic carbocycles. The number of carbonyl (C=O) groups is 1. The molecule has 0 atom stereocenters. The molecule has 1 amide bonds. The summed E-state index contributed by atoms with van der Waals surface area (Å²) < 4.78 is 5.82. The molecule has 1 fully saturated rings. The average Bonchev–Trinajstić information content (AvgIpc) is 2.48. The number of hydrogen-bond acceptors (Lipinski definition) is 3. The van der Waals surface area contributed by atoms with Crippen LogP contribution in [0.2, 0.25) is 0 Å². The highest BCUT2D eigenvalue weighted by Gasteiger charge is 2.21. The minimum atomic E-state index is -0.801. The van der Waals surface area contributed by atoms with Gasteiger partial charge in [0.25, 0.3) is 0 Å². The number of nitrogens with zero attached hydrogens (tertiary/aromatic N) is 2. The van der Waals surface area contributed by atoms with Gasteiger partial charge in [0.05, 0.1) is 6.61 Å². The van der Waals surface area contributed by atoms with Crippen molar-refractivity contribution in [2.45, 2.75) is 19.3 Å². The van der Waals surface area contributed by atoms with Crippen molar-refractivity contribution in [2.75, 3.05) is 38.7 Å². The van der Waals surface area contributed by atoms with Gasteiger partial charge < -0.3 is 19.6 Å². The van der Waals surface area contributed by atoms with E-state index < -0.39 is 6.09 Å². The molecule has 0 saturated carbocycles. The van der Waals surface area contributed by atoms with Crippen LogP contribution in [-0.4, -0.2) is 49.9 Å². The number of amides is 1. The topological polar surface area (TPSA) is 53.0 Å². The smallest absolute Gasteiger partial charge is 0.407 e. The van der Waals surface area contributed by atoms with Crippen molar-refractivity contribution in [2.24, 2.45) is 5.92 Å². The SMILES string of the molecule is CN(C)c1cccc(OCCC2CCN(C(=O)O)CC2)c1. The molecule has 1 N–H and O–H groups in total. The van der Waals surface area contributed by atoms with Crippen LogP contribution in [0.1, 0.15) is 19.3 Å². The van der Waals surface area contributed by atoms with Gasteiger partial charge in [-0.3, -0.25) is 0 Å². The number of rotatable bonds is 5. The van der Waals surface area contributed by atoms with Crippen molar-refractivity contribution in [1.29, 1.82) is 0 Å². The number of ether oxygens (including phenoxy) is 1. The first-order valence-corrected chi connectivity index (χ1v) is 7.44. The van der Waals surface area contributed by atoms with E-state index in [0.29, 0.717) is 25.6 Å². The third-order valence-corrected chi connectivity index (χ3v) is 4.01. The van der Waals surface area contributed by atoms with Gasteiger partial charge in [-0.05, 0) is 37.3 Å². The molecule has 1 saturated heterocycles. The highest BCUT2D eigenvalue weighted by atomic mass is 16.5. The maximum absolute atomic E-state index is 10.8. The second-order valence-corrected chi connectivity index (χ2v) is 5.74. The molecule has 0 aromatic heterocycles. The lowest BCUT2D eigenvalue weighted by atomic mass is 9.94. The summed E-state index contributed by atoms with van der Waals surface area (Å²) in [4.78, 5) is 14.4. The Morgan fingerprint density at radius 2 is 2.10 bits per heavy atom. The van der Waals surface area contributed by atoms with Crippen molar-refractivity contribution < 1.29 is 14.6 Å². The van der Waals surface area contributed by atoms with Crippen molar-refractivity contribution in [1.82, 2.24) is 4.90 Å². The second kappa shape index (κ2) is 7.20. The first-order valence-electron chi connectivity index (χ1n) is 7.44. The molecule has 0 unspecified atom stereocenters. The Hall–Kier alpha value is -1.91. The van der Waals surface area contributed by atoms with Crippen LogP contribution < -0.4 is 9.64 Å². The maximum Gasteiger partial charge on any atom is 0.407 e. The van der Waals surface area contributed by atoms with E-state index in [9.17, 15) is 4.79 Å². The maximum atomic E-state index is 10.8. The molecule has 0 bridgehead atoms. The molecule has 2 rings (SSSR count). The third kappa shape index (κ3) is 4.55. The summed E-state index contributed by atoms with van der Waals surface area (Å²) in [5, 5.41) is 8.92. The van der Waals surface area contributed by atoms with Gasteiger partial charge in [-0.25, -0.2) is 4.79 Å². The first-order chi connectivity index (χ1) is 10.1. The largest absolute Gasteiger partial charge is 0.494 e. The van der Waals surface area contributed by atoms with Crippen LogP contribution in [0.3, 0.4) is 0 Å². The van der Waals surface area contributed by atoms with Gasteiger partial charge in [-0.15, -0.1) is 0 Å². The Kier molecular flexibility index (Phi) is 5.31. The van der Waals surface area contributed by atoms with E-state index in [1.807, 2.05) is 32.3 Å². The van der Waals surface area contributed by atoms with E-state index in [2.05, 4.69) is 11.0 Å². The van der Waals surface area contributed by atoms with Gasteiger partial charge in [0, 0.05) is 38.9 Å². The van der Waals surface area contributed by atoms with E-state index in [1.165, 1.54) is 4.90 Å². The molecule has 1 aliphatic rings. The minimum absolute atomic E-state index is 0.567. The number of hydrogen-bond donors (Lipinski definition) is 1. The number of likely N-dealkylation sites (tertiary alicyclic amines) is 1. The van der Waals surface area contributed by atoms with Crippen LogP contribution in [-0.2, 0) is 0 Å². The molecule has 5 nitrogen and oxygen atoms in total. The molecular formula is C16H24N2O3. The van der Waals surface area contributed by atoms with Gasteiger partial charge in [0.15, 0.2) is 0 Å². The van der Waals surface area contributed by atoms with Gasteiger partial charge in [-0.1, -0.05) is 6.07 Å². The van der Waals surface area contributed by atoms with Crippen molar-refractivity contribution in [3.05, 3.63) is 24.3 Å². The summed E-state index contributed by atoms with van der Waals surface area (Å²) in [6.07, 6.45) is 2.06. The van der Waals surface area contributed by atoms with Crippen molar-refractivity contribution in [3.63, 3.8) is 0 Å². The fourth-order valence-electron chi connectivity index (χ4n) is 2.61. The summed E-state index contributed by atoms with van der Waals surface area (Å²) in [5.74, 6) is 1.46. The molecule has 0 spiro atoms. The molecule has 1 heterocycles. The first kappa shape index (κ1) is 15.5. The summed E-state index contributed by atoms with van der Waals surface area (Å²) in [6, 6.07) is 8.05. The van der Waals surface area contributed by atoms with E-state index >= 15 is 0 Å². The monoisotopic (exact) mass is 292 g/mol. The van der Waals surface area contributed by atoms with Crippen LogP contribution in [0.25, 0.3) is 0 Å². The van der Waals surface area contributed by atoms with Gasteiger partial charge >= 0.3 is 6.09 Å². The molecule has 5 heteroatoms. The average molecular weight is 292 g/mol. The number of benzene rings is 1. The summed E-state index contributed by atoms with van der Waals surface area (Å²) >= 11 is 0. The third-order valence-electron chi connectivity index (χ3n) is 4.01. The Labute approximate surface area is 126 Å². The van der Waals surface area contributed by atoms with E-state index in [4.69, 9.17) is 9.84 Å². The zero-order valence-corrected chi connectivity index (χ0v) is 12.8. The van der Waals surface area contributed by atoms with Gasteiger partial charge in [-0.2, -0.15) is 0 Å². The van der Waals surface area contributed by atoms with E-state index in [0.717, 1.165) is 30.7 Å². The van der Waals surface area contributed by atoms with Crippen molar-refractivity contribution in [3.8, 4) is 5.75 Å². The van der Waals surface area contributed by atoms with E-state index in [-0.39, 0.29) is 0 Å². The van der Waals surface area contributed by atoms with E-state index in [1.54, 1.807) is 0 Å². The minimum Gasteiger partial charge on any atom is -0.494 e. The van der Waals surface area contributed by atoms with Crippen LogP contribution in [0, 0.1) is 5.92 Å². The fraction of sp³-hybridized carbons (Fsp3) is 0.562. The molecule has 1 aromatic carbocycles. The lowest BCUT2D eigenvalue weighted by molar-refractivity contribution is 0.119. The second-order valence-electron chi connectivity index (χ2n) is 5.74. The van der Waals surface area contributed by atoms with Crippen LogP contribution in [0.15, 0.2) is 24.3 Å². The van der Waals surface area contributed by atoms with Crippen LogP contribution in [0.5, 0.6) is 5.75 Å². The number of carboxylic acid groups (broad SMARTS) is 1. The van der Waals surface area contributed by atoms with Crippen LogP contribution >= 0.6 is 0 Å². The molecule has 1 aliphatic heterocycles. The summed E-state index contributed by atoms with van der Waals surface area (Å²) in [5.41, 5.74) is 1.13. The predicted octanol–water partition coefficient (Wildman–Crippen LogP) is 2.91. The number of piperidine rings is 1. The number of anilines is 1. The predicted molar refractivity (Wildman–Crippen MR) is 83.2 cm³/mol. The summed E-state index contributed by atoms with van der Waals surface area (Å²) in [7, 11) is 4.02. The lowest BCUT2D eigenvalue weighted by Gasteiger charge is -2.29. The Bertz CT molecular complexity index is 468. The fourth-order valence-corrected chi connectivity index (χ4v) is 2.61. The molecule has 1 aromatic rings.